The molecule has 11 heteroatoms. The first kappa shape index (κ1) is 29.0. The summed E-state index contributed by atoms with van der Waals surface area (Å²) in [7, 11) is 0. The maximum atomic E-state index is 16.7. The first-order valence-corrected chi connectivity index (χ1v) is 15.4. The van der Waals surface area contributed by atoms with Crippen LogP contribution in [0.25, 0.3) is 32.9 Å². The molecule has 8 nitrogen and oxygen atoms in total. The fourth-order valence-electron chi connectivity index (χ4n) is 7.69. The van der Waals surface area contributed by atoms with Crippen LogP contribution in [-0.4, -0.2) is 80.7 Å². The molecule has 0 spiro atoms. The molecular formula is C33H36F3N5O3. The van der Waals surface area contributed by atoms with Gasteiger partial charge in [-0.2, -0.15) is 9.97 Å². The number of rotatable bonds is 6. The molecule has 44 heavy (non-hydrogen) atoms. The Kier molecular flexibility index (Phi) is 7.28. The highest BCUT2D eigenvalue weighted by atomic mass is 19.1. The van der Waals surface area contributed by atoms with Crippen LogP contribution in [0.5, 0.6) is 11.8 Å². The number of benzene rings is 2. The highest BCUT2D eigenvalue weighted by Gasteiger charge is 2.49. The lowest BCUT2D eigenvalue weighted by Gasteiger charge is -2.35. The van der Waals surface area contributed by atoms with E-state index in [2.05, 4.69) is 14.9 Å². The second-order valence-electron chi connectivity index (χ2n) is 12.7. The molecule has 232 valence electrons. The van der Waals surface area contributed by atoms with Crippen molar-refractivity contribution in [2.24, 2.45) is 5.92 Å². The van der Waals surface area contributed by atoms with Crippen LogP contribution >= 0.6 is 0 Å². The number of aromatic nitrogens is 3. The second kappa shape index (κ2) is 11.0. The molecular weight excluding hydrogens is 571 g/mol. The van der Waals surface area contributed by atoms with Crippen molar-refractivity contribution >= 4 is 27.5 Å². The van der Waals surface area contributed by atoms with Gasteiger partial charge >= 0.3 is 6.01 Å². The summed E-state index contributed by atoms with van der Waals surface area (Å²) in [6.45, 7) is 6.09. The fraction of sp³-hybridized carbons (Fsp3) is 0.485. The predicted molar refractivity (Wildman–Crippen MR) is 162 cm³/mol. The Hall–Kier alpha value is -3.70. The third kappa shape index (κ3) is 4.90. The summed E-state index contributed by atoms with van der Waals surface area (Å²) in [5.74, 6) is -0.726. The highest BCUT2D eigenvalue weighted by Crippen LogP contribution is 2.42. The summed E-state index contributed by atoms with van der Waals surface area (Å²) >= 11 is 0. The van der Waals surface area contributed by atoms with Gasteiger partial charge in [-0.05, 0) is 72.7 Å². The molecule has 0 bridgehead atoms. The Bertz CT molecular complexity index is 1750. The van der Waals surface area contributed by atoms with E-state index in [-0.39, 0.29) is 41.1 Å². The second-order valence-corrected chi connectivity index (χ2v) is 12.7. The molecule has 0 amide bonds. The molecule has 3 fully saturated rings. The minimum atomic E-state index is -0.927. The van der Waals surface area contributed by atoms with Crippen molar-refractivity contribution in [3.63, 3.8) is 0 Å². The molecule has 0 aliphatic carbocycles. The van der Waals surface area contributed by atoms with Crippen molar-refractivity contribution in [2.75, 3.05) is 37.7 Å². The predicted octanol–water partition coefficient (Wildman–Crippen LogP) is 5.55. The first-order valence-electron chi connectivity index (χ1n) is 15.4. The summed E-state index contributed by atoms with van der Waals surface area (Å²) in [5, 5.41) is 22.5. The van der Waals surface area contributed by atoms with Crippen LogP contribution in [0.15, 0.2) is 30.5 Å². The number of β-amino-alcohol motifs (C(OH)–C–C–N with tert-alkyl or cyclic N) is 1. The summed E-state index contributed by atoms with van der Waals surface area (Å²) in [6.07, 6.45) is 3.09. The van der Waals surface area contributed by atoms with E-state index < -0.39 is 29.4 Å². The molecule has 2 N–H and O–H groups in total. The number of phenols is 1. The Morgan fingerprint density at radius 2 is 1.98 bits per heavy atom. The van der Waals surface area contributed by atoms with Crippen molar-refractivity contribution in [1.82, 2.24) is 19.9 Å². The third-order valence-corrected chi connectivity index (χ3v) is 9.57. The normalized spacial score (nSPS) is 25.7. The zero-order chi connectivity index (χ0) is 30.7. The third-order valence-electron chi connectivity index (χ3n) is 9.57. The van der Waals surface area contributed by atoms with Gasteiger partial charge < -0.3 is 19.8 Å². The summed E-state index contributed by atoms with van der Waals surface area (Å²) in [4.78, 5) is 17.7. The maximum absolute atomic E-state index is 16.7. The van der Waals surface area contributed by atoms with Crippen LogP contribution in [0.4, 0.5) is 19.0 Å². The van der Waals surface area contributed by atoms with Gasteiger partial charge in [-0.25, -0.2) is 13.2 Å². The molecule has 3 aliphatic rings. The van der Waals surface area contributed by atoms with Gasteiger partial charge in [-0.1, -0.05) is 19.9 Å². The van der Waals surface area contributed by atoms with Gasteiger partial charge in [-0.15, -0.1) is 0 Å². The van der Waals surface area contributed by atoms with Gasteiger partial charge in [0.25, 0.3) is 0 Å². The number of halogens is 3. The Morgan fingerprint density at radius 1 is 1.14 bits per heavy atom. The molecule has 2 aromatic carbocycles. The molecule has 3 saturated heterocycles. The number of hydrogen-bond acceptors (Lipinski definition) is 8. The highest BCUT2D eigenvalue weighted by molar-refractivity contribution is 6.01. The number of aliphatic hydroxyl groups is 1. The van der Waals surface area contributed by atoms with E-state index in [0.29, 0.717) is 66.4 Å². The first-order chi connectivity index (χ1) is 21.2. The number of fused-ring (bicyclic) bond motifs is 3. The van der Waals surface area contributed by atoms with Crippen LogP contribution < -0.4 is 9.64 Å². The molecule has 4 atom stereocenters. The number of aromatic hydroxyl groups is 1. The van der Waals surface area contributed by atoms with E-state index in [1.54, 1.807) is 6.07 Å². The van der Waals surface area contributed by atoms with Crippen molar-refractivity contribution in [3.05, 3.63) is 47.7 Å². The number of aryl methyl sites for hydroxylation is 1. The lowest BCUT2D eigenvalue weighted by molar-refractivity contribution is 0.107. The lowest BCUT2D eigenvalue weighted by Crippen LogP contribution is -2.44. The Morgan fingerprint density at radius 3 is 2.77 bits per heavy atom. The summed E-state index contributed by atoms with van der Waals surface area (Å²) in [5.41, 5.74) is 0.0742. The monoisotopic (exact) mass is 607 g/mol. The zero-order valence-corrected chi connectivity index (χ0v) is 24.9. The minimum Gasteiger partial charge on any atom is -0.508 e. The van der Waals surface area contributed by atoms with Crippen LogP contribution in [0, 0.1) is 17.6 Å². The molecule has 5 heterocycles. The average Bonchev–Trinajstić information content (AvgIpc) is 3.51. The number of phenolic OH excluding ortho intramolecular Hbond substituents is 1. The molecule has 7 rings (SSSR count). The van der Waals surface area contributed by atoms with Crippen LogP contribution in [0.2, 0.25) is 0 Å². The number of aliphatic hydroxyl groups excluding tert-OH is 1. The van der Waals surface area contributed by atoms with Gasteiger partial charge in [0.1, 0.15) is 41.4 Å². The van der Waals surface area contributed by atoms with E-state index in [0.717, 1.165) is 19.4 Å². The summed E-state index contributed by atoms with van der Waals surface area (Å²) < 4.78 is 52.2. The van der Waals surface area contributed by atoms with E-state index in [1.807, 2.05) is 18.7 Å². The molecule has 0 saturated carbocycles. The van der Waals surface area contributed by atoms with Crippen molar-refractivity contribution in [2.45, 2.75) is 63.8 Å². The quantitative estimate of drug-likeness (QED) is 0.295. The molecule has 0 radical (unpaired) electrons. The van der Waals surface area contributed by atoms with Gasteiger partial charge in [0.15, 0.2) is 5.82 Å². The molecule has 4 aromatic rings. The number of piperidine rings is 1. The molecule has 3 aliphatic heterocycles. The number of anilines is 1. The smallest absolute Gasteiger partial charge is 0.319 e. The Labute approximate surface area is 253 Å². The van der Waals surface area contributed by atoms with E-state index in [9.17, 15) is 19.0 Å². The van der Waals surface area contributed by atoms with Gasteiger partial charge in [-0.3, -0.25) is 9.88 Å². The van der Waals surface area contributed by atoms with E-state index in [4.69, 9.17) is 9.72 Å². The molecule has 2 aromatic heterocycles. The van der Waals surface area contributed by atoms with Gasteiger partial charge in [0.05, 0.1) is 17.0 Å². The number of ether oxygens (including phenoxy) is 1. The number of alkyl halides is 1. The standard InChI is InChI=1S/C33H36F3N5O3/c1-3-23-26(35)6-5-19-10-21(42)11-24(27(19)23)29-28(36)30-25(13-37-29)31(40-14-18(2)9-22(43)16-40)39-32(38-30)44-17-33-7-4-8-41(33)15-20(34)12-33/h5-6,10-11,13,18,20,22,42-43H,3-4,7-9,12,14-17H2,1-2H3/t18?,20-,22?,33+/m1/s1. The maximum Gasteiger partial charge on any atom is 0.319 e. The van der Waals surface area contributed by atoms with Gasteiger partial charge in [0, 0.05) is 37.8 Å². The SMILES string of the molecule is CCc1c(F)ccc2cc(O)cc(-c3ncc4c(N5CC(C)CC(O)C5)nc(OC[C@@]56CCCN5C[C@H](F)C6)nc4c3F)c12. The minimum absolute atomic E-state index is 0.0378. The Balaban J connectivity index is 1.38. The van der Waals surface area contributed by atoms with Crippen molar-refractivity contribution < 1.29 is 28.1 Å². The lowest BCUT2D eigenvalue weighted by atomic mass is 9.94. The van der Waals surface area contributed by atoms with Crippen LogP contribution in [0.3, 0.4) is 0 Å². The van der Waals surface area contributed by atoms with Crippen LogP contribution in [-0.2, 0) is 6.42 Å². The topological polar surface area (TPSA) is 94.8 Å². The number of hydrogen-bond donors (Lipinski definition) is 2. The molecule has 2 unspecified atom stereocenters. The van der Waals surface area contributed by atoms with Crippen molar-refractivity contribution in [1.29, 1.82) is 0 Å². The summed E-state index contributed by atoms with van der Waals surface area (Å²) in [6, 6.07) is 5.76. The van der Waals surface area contributed by atoms with Crippen molar-refractivity contribution in [3.8, 4) is 23.0 Å². The zero-order valence-electron chi connectivity index (χ0n) is 24.9. The average molecular weight is 608 g/mol. The van der Waals surface area contributed by atoms with E-state index in [1.165, 1.54) is 24.4 Å². The largest absolute Gasteiger partial charge is 0.508 e. The van der Waals surface area contributed by atoms with E-state index >= 15 is 4.39 Å². The van der Waals surface area contributed by atoms with Gasteiger partial charge in [0.2, 0.25) is 0 Å². The number of nitrogens with zero attached hydrogens (tertiary/aromatic N) is 5. The fourth-order valence-corrected chi connectivity index (χ4v) is 7.69. The number of pyridine rings is 1. The van der Waals surface area contributed by atoms with Crippen LogP contribution in [0.1, 0.15) is 45.1 Å².